The minimum atomic E-state index is 0.551. The zero-order valence-electron chi connectivity index (χ0n) is 10.2. The lowest BCUT2D eigenvalue weighted by molar-refractivity contribution is -0.129. The van der Waals surface area contributed by atoms with Gasteiger partial charge in [0.05, 0.1) is 6.61 Å². The minimum absolute atomic E-state index is 0.551. The summed E-state index contributed by atoms with van der Waals surface area (Å²) in [6, 6.07) is 10.8. The van der Waals surface area contributed by atoms with Crippen LogP contribution in [0.2, 0.25) is 0 Å². The average Bonchev–Trinajstić information content (AvgIpc) is 2.41. The van der Waals surface area contributed by atoms with Gasteiger partial charge in [-0.2, -0.15) is 0 Å². The van der Waals surface area contributed by atoms with Crippen LogP contribution < -0.4 is 0 Å². The van der Waals surface area contributed by atoms with Crippen LogP contribution in [0.15, 0.2) is 30.3 Å². The van der Waals surface area contributed by atoms with Crippen LogP contribution in [0.4, 0.5) is 0 Å². The maximum atomic E-state index is 10.1. The summed E-state index contributed by atoms with van der Waals surface area (Å²) in [4.78, 5) is 10.1. The van der Waals surface area contributed by atoms with Gasteiger partial charge in [0.15, 0.2) is 0 Å². The van der Waals surface area contributed by atoms with Gasteiger partial charge in [0.25, 0.3) is 6.47 Å². The van der Waals surface area contributed by atoms with Gasteiger partial charge >= 0.3 is 0 Å². The van der Waals surface area contributed by atoms with Crippen LogP contribution in [0.5, 0.6) is 0 Å². The Morgan fingerprint density at radius 3 is 2.47 bits per heavy atom. The van der Waals surface area contributed by atoms with Crippen molar-refractivity contribution in [3.63, 3.8) is 0 Å². The fourth-order valence-corrected chi connectivity index (χ4v) is 2.79. The third-order valence-corrected chi connectivity index (χ3v) is 3.83. The monoisotopic (exact) mass is 232 g/mol. The number of carbonyl (C=O) groups excluding carboxylic acids is 1. The van der Waals surface area contributed by atoms with Gasteiger partial charge in [-0.25, -0.2) is 0 Å². The highest BCUT2D eigenvalue weighted by Gasteiger charge is 2.21. The SMILES string of the molecule is O=COCCC1CCC(c2ccccc2)CC1. The summed E-state index contributed by atoms with van der Waals surface area (Å²) < 4.78 is 4.77. The third kappa shape index (κ3) is 3.58. The molecule has 0 radical (unpaired) electrons. The predicted octanol–water partition coefficient (Wildman–Crippen LogP) is 3.52. The maximum Gasteiger partial charge on any atom is 0.293 e. The van der Waals surface area contributed by atoms with Gasteiger partial charge in [0, 0.05) is 0 Å². The second-order valence-electron chi connectivity index (χ2n) is 4.88. The Bertz CT molecular complexity index is 326. The summed E-state index contributed by atoms with van der Waals surface area (Å²) in [5.41, 5.74) is 1.48. The molecule has 0 bridgehead atoms. The van der Waals surface area contributed by atoms with Crippen molar-refractivity contribution >= 4 is 6.47 Å². The van der Waals surface area contributed by atoms with Crippen molar-refractivity contribution in [2.75, 3.05) is 6.61 Å². The van der Waals surface area contributed by atoms with Crippen LogP contribution in [0.25, 0.3) is 0 Å². The van der Waals surface area contributed by atoms with Gasteiger partial charge < -0.3 is 4.74 Å². The van der Waals surface area contributed by atoms with Crippen LogP contribution in [-0.2, 0) is 9.53 Å². The fraction of sp³-hybridized carbons (Fsp3) is 0.533. The Morgan fingerprint density at radius 2 is 1.82 bits per heavy atom. The summed E-state index contributed by atoms with van der Waals surface area (Å²) in [6.45, 7) is 1.14. The first-order valence-corrected chi connectivity index (χ1v) is 6.50. The molecule has 2 heteroatoms. The van der Waals surface area contributed by atoms with Gasteiger partial charge in [-0.05, 0) is 49.5 Å². The van der Waals surface area contributed by atoms with Crippen LogP contribution >= 0.6 is 0 Å². The van der Waals surface area contributed by atoms with Crippen LogP contribution in [0.3, 0.4) is 0 Å². The molecule has 0 aliphatic heterocycles. The Hall–Kier alpha value is -1.31. The Morgan fingerprint density at radius 1 is 1.12 bits per heavy atom. The second kappa shape index (κ2) is 6.43. The highest BCUT2D eigenvalue weighted by atomic mass is 16.5. The van der Waals surface area contributed by atoms with Gasteiger partial charge in [-0.1, -0.05) is 30.3 Å². The van der Waals surface area contributed by atoms with Gasteiger partial charge in [0.2, 0.25) is 0 Å². The maximum absolute atomic E-state index is 10.1. The molecule has 0 aromatic heterocycles. The van der Waals surface area contributed by atoms with Crippen molar-refractivity contribution in [2.45, 2.75) is 38.0 Å². The van der Waals surface area contributed by atoms with Crippen LogP contribution in [-0.4, -0.2) is 13.1 Å². The van der Waals surface area contributed by atoms with Crippen molar-refractivity contribution in [1.82, 2.24) is 0 Å². The lowest BCUT2D eigenvalue weighted by Crippen LogP contribution is -2.15. The molecule has 0 amide bonds. The smallest absolute Gasteiger partial charge is 0.293 e. The van der Waals surface area contributed by atoms with Crippen LogP contribution in [0, 0.1) is 5.92 Å². The molecule has 0 N–H and O–H groups in total. The van der Waals surface area contributed by atoms with Crippen molar-refractivity contribution in [3.8, 4) is 0 Å². The van der Waals surface area contributed by atoms with Crippen molar-refractivity contribution in [3.05, 3.63) is 35.9 Å². The van der Waals surface area contributed by atoms with E-state index in [1.165, 1.54) is 31.2 Å². The summed E-state index contributed by atoms with van der Waals surface area (Å²) in [5, 5.41) is 0. The number of ether oxygens (including phenoxy) is 1. The van der Waals surface area contributed by atoms with Gasteiger partial charge in [-0.3, -0.25) is 4.79 Å². The molecular weight excluding hydrogens is 212 g/mol. The van der Waals surface area contributed by atoms with E-state index >= 15 is 0 Å². The van der Waals surface area contributed by atoms with E-state index in [4.69, 9.17) is 4.74 Å². The van der Waals surface area contributed by atoms with Gasteiger partial charge in [-0.15, -0.1) is 0 Å². The van der Waals surface area contributed by atoms with E-state index < -0.39 is 0 Å². The van der Waals surface area contributed by atoms with Crippen molar-refractivity contribution in [2.24, 2.45) is 5.92 Å². The normalized spacial score (nSPS) is 24.2. The molecule has 1 aliphatic carbocycles. The first-order chi connectivity index (χ1) is 8.40. The highest BCUT2D eigenvalue weighted by Crippen LogP contribution is 2.36. The molecule has 1 saturated carbocycles. The first-order valence-electron chi connectivity index (χ1n) is 6.50. The zero-order valence-corrected chi connectivity index (χ0v) is 10.2. The fourth-order valence-electron chi connectivity index (χ4n) is 2.79. The molecule has 1 aromatic carbocycles. The number of benzene rings is 1. The molecule has 0 heterocycles. The molecule has 1 aliphatic rings. The lowest BCUT2D eigenvalue weighted by atomic mass is 9.78. The zero-order chi connectivity index (χ0) is 11.9. The minimum Gasteiger partial charge on any atom is -0.468 e. The molecule has 17 heavy (non-hydrogen) atoms. The summed E-state index contributed by atoms with van der Waals surface area (Å²) in [6.07, 6.45) is 6.11. The molecule has 1 aromatic rings. The number of hydrogen-bond acceptors (Lipinski definition) is 2. The Balaban J connectivity index is 1.76. The number of hydrogen-bond donors (Lipinski definition) is 0. The number of carbonyl (C=O) groups is 1. The van der Waals surface area contributed by atoms with Crippen LogP contribution in [0.1, 0.15) is 43.6 Å². The van der Waals surface area contributed by atoms with E-state index in [9.17, 15) is 4.79 Å². The Kier molecular flexibility index (Phi) is 4.60. The number of rotatable bonds is 5. The summed E-state index contributed by atoms with van der Waals surface area (Å²) >= 11 is 0. The molecule has 0 saturated heterocycles. The lowest BCUT2D eigenvalue weighted by Gasteiger charge is -2.28. The topological polar surface area (TPSA) is 26.3 Å². The Labute approximate surface area is 103 Å². The quantitative estimate of drug-likeness (QED) is 0.573. The van der Waals surface area contributed by atoms with E-state index in [1.807, 2.05) is 0 Å². The van der Waals surface area contributed by atoms with Crippen molar-refractivity contribution in [1.29, 1.82) is 0 Å². The van der Waals surface area contributed by atoms with Gasteiger partial charge in [0.1, 0.15) is 0 Å². The molecular formula is C15H20O2. The van der Waals surface area contributed by atoms with E-state index in [-0.39, 0.29) is 0 Å². The molecule has 0 spiro atoms. The van der Waals surface area contributed by atoms with E-state index in [0.717, 1.165) is 18.3 Å². The van der Waals surface area contributed by atoms with Crippen molar-refractivity contribution < 1.29 is 9.53 Å². The molecule has 92 valence electrons. The van der Waals surface area contributed by atoms with E-state index in [1.54, 1.807) is 0 Å². The molecule has 0 unspecified atom stereocenters. The van der Waals surface area contributed by atoms with E-state index in [0.29, 0.717) is 13.1 Å². The largest absolute Gasteiger partial charge is 0.468 e. The third-order valence-electron chi connectivity index (χ3n) is 3.83. The average molecular weight is 232 g/mol. The summed E-state index contributed by atoms with van der Waals surface area (Å²) in [7, 11) is 0. The summed E-state index contributed by atoms with van der Waals surface area (Å²) in [5.74, 6) is 1.48. The standard InChI is InChI=1S/C15H20O2/c16-12-17-11-10-13-6-8-15(9-7-13)14-4-2-1-3-5-14/h1-5,12-13,15H,6-11H2. The van der Waals surface area contributed by atoms with E-state index in [2.05, 4.69) is 30.3 Å². The second-order valence-corrected chi connectivity index (χ2v) is 4.88. The molecule has 0 atom stereocenters. The molecule has 2 rings (SSSR count). The molecule has 1 fully saturated rings. The predicted molar refractivity (Wildman–Crippen MR) is 67.8 cm³/mol. The molecule has 2 nitrogen and oxygen atoms in total. The highest BCUT2D eigenvalue weighted by molar-refractivity contribution is 5.36. The first kappa shape index (κ1) is 12.2.